The Labute approximate surface area is 229 Å². The second-order valence-electron chi connectivity index (χ2n) is 9.19. The predicted octanol–water partition coefficient (Wildman–Crippen LogP) is 3.96. The molecule has 8 nitrogen and oxygen atoms in total. The topological polar surface area (TPSA) is 114 Å². The van der Waals surface area contributed by atoms with Crippen molar-refractivity contribution >= 4 is 17.8 Å². The SMILES string of the molecule is COc1ccc(CCNC(=O)[C@H](Cc2ccc(OCCCC(=O)O)cc2)NC(=O)CCc2ccccc2)cc1. The molecular formula is C31H36N2O6. The number of carboxylic acid groups (broad SMARTS) is 1. The summed E-state index contributed by atoms with van der Waals surface area (Å²) < 4.78 is 10.8. The van der Waals surface area contributed by atoms with E-state index in [0.29, 0.717) is 44.6 Å². The fraction of sp³-hybridized carbons (Fsp3) is 0.323. The maximum absolute atomic E-state index is 13.1. The van der Waals surface area contributed by atoms with Crippen LogP contribution in [0.1, 0.15) is 36.0 Å². The molecule has 0 saturated carbocycles. The standard InChI is InChI=1S/C31H36N2O6/c1-38-26-14-9-24(10-15-26)19-20-32-31(37)28(33-29(34)18-13-23-6-3-2-4-7-23)22-25-11-16-27(17-12-25)39-21-5-8-30(35)36/h2-4,6-7,9-12,14-17,28H,5,8,13,18-22H2,1H3,(H,32,37)(H,33,34)(H,35,36)/t28-/m0/s1. The van der Waals surface area contributed by atoms with Gasteiger partial charge < -0.3 is 25.2 Å². The molecule has 2 amide bonds. The van der Waals surface area contributed by atoms with E-state index in [1.807, 2.05) is 66.7 Å². The first-order valence-electron chi connectivity index (χ1n) is 13.1. The van der Waals surface area contributed by atoms with Crippen LogP contribution in [-0.2, 0) is 33.6 Å². The Balaban J connectivity index is 1.57. The smallest absolute Gasteiger partial charge is 0.303 e. The zero-order valence-electron chi connectivity index (χ0n) is 22.2. The van der Waals surface area contributed by atoms with Crippen LogP contribution in [0.15, 0.2) is 78.9 Å². The number of carbonyl (C=O) groups is 3. The van der Waals surface area contributed by atoms with E-state index in [9.17, 15) is 14.4 Å². The molecule has 0 unspecified atom stereocenters. The first-order valence-corrected chi connectivity index (χ1v) is 13.1. The van der Waals surface area contributed by atoms with Gasteiger partial charge in [0.2, 0.25) is 11.8 Å². The van der Waals surface area contributed by atoms with E-state index in [0.717, 1.165) is 22.4 Å². The van der Waals surface area contributed by atoms with Crippen molar-refractivity contribution in [3.8, 4) is 11.5 Å². The van der Waals surface area contributed by atoms with Crippen molar-refractivity contribution in [2.75, 3.05) is 20.3 Å². The molecule has 39 heavy (non-hydrogen) atoms. The summed E-state index contributed by atoms with van der Waals surface area (Å²) >= 11 is 0. The van der Waals surface area contributed by atoms with Crippen LogP contribution in [0, 0.1) is 0 Å². The second kappa shape index (κ2) is 15.8. The van der Waals surface area contributed by atoms with Crippen LogP contribution in [-0.4, -0.2) is 49.2 Å². The number of hydrogen-bond donors (Lipinski definition) is 3. The van der Waals surface area contributed by atoms with Crippen molar-refractivity contribution in [3.63, 3.8) is 0 Å². The molecular weight excluding hydrogens is 496 g/mol. The van der Waals surface area contributed by atoms with Crippen molar-refractivity contribution in [2.45, 2.75) is 44.6 Å². The zero-order chi connectivity index (χ0) is 27.9. The largest absolute Gasteiger partial charge is 0.497 e. The van der Waals surface area contributed by atoms with Crippen molar-refractivity contribution in [2.24, 2.45) is 0 Å². The maximum atomic E-state index is 13.1. The van der Waals surface area contributed by atoms with Crippen LogP contribution in [0.3, 0.4) is 0 Å². The summed E-state index contributed by atoms with van der Waals surface area (Å²) in [5.41, 5.74) is 3.00. The lowest BCUT2D eigenvalue weighted by molar-refractivity contribution is -0.137. The van der Waals surface area contributed by atoms with Crippen molar-refractivity contribution in [1.29, 1.82) is 0 Å². The molecule has 1 atom stereocenters. The van der Waals surface area contributed by atoms with Crippen LogP contribution in [0.4, 0.5) is 0 Å². The average Bonchev–Trinajstić information content (AvgIpc) is 2.95. The van der Waals surface area contributed by atoms with E-state index in [1.165, 1.54) is 0 Å². The summed E-state index contributed by atoms with van der Waals surface area (Å²) in [6.07, 6.45) is 2.32. The van der Waals surface area contributed by atoms with E-state index in [4.69, 9.17) is 14.6 Å². The summed E-state index contributed by atoms with van der Waals surface area (Å²) in [6, 6.07) is 24.0. The van der Waals surface area contributed by atoms with Crippen LogP contribution < -0.4 is 20.1 Å². The van der Waals surface area contributed by atoms with Crippen LogP contribution in [0.2, 0.25) is 0 Å². The Hall–Kier alpha value is -4.33. The zero-order valence-corrected chi connectivity index (χ0v) is 22.2. The normalized spacial score (nSPS) is 11.3. The number of ether oxygens (including phenoxy) is 2. The lowest BCUT2D eigenvalue weighted by Gasteiger charge is -2.19. The Kier molecular flexibility index (Phi) is 11.9. The van der Waals surface area contributed by atoms with Gasteiger partial charge in [-0.1, -0.05) is 54.6 Å². The molecule has 0 bridgehead atoms. The molecule has 0 heterocycles. The van der Waals surface area contributed by atoms with Gasteiger partial charge >= 0.3 is 5.97 Å². The number of rotatable bonds is 16. The van der Waals surface area contributed by atoms with Gasteiger partial charge in [-0.15, -0.1) is 0 Å². The first-order chi connectivity index (χ1) is 18.9. The van der Waals surface area contributed by atoms with Crippen molar-refractivity contribution in [1.82, 2.24) is 10.6 Å². The summed E-state index contributed by atoms with van der Waals surface area (Å²) in [4.78, 5) is 36.5. The highest BCUT2D eigenvalue weighted by molar-refractivity contribution is 5.88. The van der Waals surface area contributed by atoms with Crippen LogP contribution >= 0.6 is 0 Å². The maximum Gasteiger partial charge on any atom is 0.303 e. The number of carboxylic acids is 1. The van der Waals surface area contributed by atoms with E-state index in [2.05, 4.69) is 10.6 Å². The quantitative estimate of drug-likeness (QED) is 0.241. The minimum Gasteiger partial charge on any atom is -0.497 e. The van der Waals surface area contributed by atoms with Crippen LogP contribution in [0.5, 0.6) is 11.5 Å². The minimum absolute atomic E-state index is 0.0529. The van der Waals surface area contributed by atoms with E-state index in [-0.39, 0.29) is 24.7 Å². The van der Waals surface area contributed by atoms with Gasteiger partial charge in [-0.05, 0) is 60.2 Å². The van der Waals surface area contributed by atoms with E-state index < -0.39 is 12.0 Å². The highest BCUT2D eigenvalue weighted by Gasteiger charge is 2.21. The van der Waals surface area contributed by atoms with Gasteiger partial charge in [0.1, 0.15) is 17.5 Å². The highest BCUT2D eigenvalue weighted by Crippen LogP contribution is 2.15. The Morgan fingerprint density at radius 3 is 2.10 bits per heavy atom. The average molecular weight is 533 g/mol. The third-order valence-electron chi connectivity index (χ3n) is 6.17. The molecule has 0 aromatic heterocycles. The number of nitrogens with one attached hydrogen (secondary N) is 2. The first kappa shape index (κ1) is 29.2. The molecule has 0 saturated heterocycles. The number of carbonyl (C=O) groups excluding carboxylic acids is 2. The molecule has 0 aliphatic carbocycles. The molecule has 0 radical (unpaired) electrons. The summed E-state index contributed by atoms with van der Waals surface area (Å²) in [5.74, 6) is 0.112. The summed E-state index contributed by atoms with van der Waals surface area (Å²) in [5, 5.41) is 14.6. The van der Waals surface area contributed by atoms with Gasteiger partial charge in [0.05, 0.1) is 13.7 Å². The van der Waals surface area contributed by atoms with Gasteiger partial charge in [0, 0.05) is 25.8 Å². The lowest BCUT2D eigenvalue weighted by atomic mass is 10.0. The number of benzene rings is 3. The minimum atomic E-state index is -0.854. The Morgan fingerprint density at radius 1 is 0.795 bits per heavy atom. The van der Waals surface area contributed by atoms with Gasteiger partial charge in [-0.25, -0.2) is 0 Å². The number of aliphatic carboxylic acids is 1. The summed E-state index contributed by atoms with van der Waals surface area (Å²) in [6.45, 7) is 0.743. The van der Waals surface area contributed by atoms with Crippen molar-refractivity contribution in [3.05, 3.63) is 95.6 Å². The van der Waals surface area contributed by atoms with E-state index >= 15 is 0 Å². The summed E-state index contributed by atoms with van der Waals surface area (Å²) in [7, 11) is 1.62. The molecule has 0 aliphatic heterocycles. The fourth-order valence-electron chi connectivity index (χ4n) is 3.99. The molecule has 3 aromatic carbocycles. The van der Waals surface area contributed by atoms with Gasteiger partial charge in [0.15, 0.2) is 0 Å². The van der Waals surface area contributed by atoms with Gasteiger partial charge in [0.25, 0.3) is 0 Å². The molecule has 3 N–H and O–H groups in total. The van der Waals surface area contributed by atoms with E-state index in [1.54, 1.807) is 19.2 Å². The highest BCUT2D eigenvalue weighted by atomic mass is 16.5. The van der Waals surface area contributed by atoms with Gasteiger partial charge in [-0.3, -0.25) is 14.4 Å². The molecule has 0 spiro atoms. The van der Waals surface area contributed by atoms with Gasteiger partial charge in [-0.2, -0.15) is 0 Å². The third kappa shape index (κ3) is 10.9. The monoisotopic (exact) mass is 532 g/mol. The fourth-order valence-corrected chi connectivity index (χ4v) is 3.99. The Morgan fingerprint density at radius 2 is 1.44 bits per heavy atom. The molecule has 0 fully saturated rings. The molecule has 3 aromatic rings. The number of aryl methyl sites for hydroxylation is 1. The number of amides is 2. The number of methoxy groups -OCH3 is 1. The lowest BCUT2D eigenvalue weighted by Crippen LogP contribution is -2.48. The second-order valence-corrected chi connectivity index (χ2v) is 9.19. The third-order valence-corrected chi connectivity index (χ3v) is 6.17. The molecule has 0 aliphatic rings. The molecule has 8 heteroatoms. The number of hydrogen-bond acceptors (Lipinski definition) is 5. The van der Waals surface area contributed by atoms with Crippen molar-refractivity contribution < 1.29 is 29.0 Å². The molecule has 206 valence electrons. The molecule has 3 rings (SSSR count). The Bertz CT molecular complexity index is 1180. The van der Waals surface area contributed by atoms with Crippen LogP contribution in [0.25, 0.3) is 0 Å². The predicted molar refractivity (Wildman–Crippen MR) is 149 cm³/mol.